The summed E-state index contributed by atoms with van der Waals surface area (Å²) in [7, 11) is 0. The Bertz CT molecular complexity index is 2760. The highest BCUT2D eigenvalue weighted by molar-refractivity contribution is 6.12. The van der Waals surface area contributed by atoms with Gasteiger partial charge < -0.3 is 4.57 Å². The molecule has 0 bridgehead atoms. The predicted octanol–water partition coefficient (Wildman–Crippen LogP) is 9.66. The van der Waals surface area contributed by atoms with Crippen molar-refractivity contribution in [3.8, 4) is 40.8 Å². The molecule has 0 spiro atoms. The fraction of sp³-hybridized carbons (Fsp3) is 0. The minimum absolute atomic E-state index is 0.488. The van der Waals surface area contributed by atoms with Crippen LogP contribution in [-0.4, -0.2) is 14.1 Å². The summed E-state index contributed by atoms with van der Waals surface area (Å²) in [5, 5.41) is 32.8. The lowest BCUT2D eigenvalue weighted by Gasteiger charge is -2.17. The molecular formula is C40H18N8. The van der Waals surface area contributed by atoms with Gasteiger partial charge in [0.2, 0.25) is 0 Å². The first-order valence-electron chi connectivity index (χ1n) is 14.8. The Morgan fingerprint density at radius 1 is 0.542 bits per heavy atom. The molecule has 0 fully saturated rings. The number of pyridine rings is 1. The van der Waals surface area contributed by atoms with Crippen molar-refractivity contribution in [2.45, 2.75) is 0 Å². The second-order valence-electron chi connectivity index (χ2n) is 11.2. The molecule has 3 aromatic heterocycles. The minimum atomic E-state index is 0.488. The van der Waals surface area contributed by atoms with Crippen molar-refractivity contribution >= 4 is 55.0 Å². The smallest absolute Gasteiger partial charge is 0.188 e. The van der Waals surface area contributed by atoms with Crippen LogP contribution in [0.2, 0.25) is 0 Å². The van der Waals surface area contributed by atoms with E-state index in [9.17, 15) is 15.8 Å². The number of rotatable bonds is 3. The maximum absolute atomic E-state index is 10.2. The minimum Gasteiger partial charge on any atom is -0.307 e. The Balaban J connectivity index is 1.49. The van der Waals surface area contributed by atoms with Gasteiger partial charge in [0.15, 0.2) is 11.4 Å². The van der Waals surface area contributed by atoms with Gasteiger partial charge in [0.1, 0.15) is 5.82 Å². The summed E-state index contributed by atoms with van der Waals surface area (Å²) in [6.07, 6.45) is 1.79. The first-order chi connectivity index (χ1) is 23.6. The Labute approximate surface area is 274 Å². The van der Waals surface area contributed by atoms with E-state index in [1.165, 1.54) is 0 Å². The van der Waals surface area contributed by atoms with E-state index in [4.69, 9.17) is 18.1 Å². The molecule has 8 nitrogen and oxygen atoms in total. The maximum Gasteiger partial charge on any atom is 0.188 e. The summed E-state index contributed by atoms with van der Waals surface area (Å²) in [5.74, 6) is 0.585. The zero-order chi connectivity index (χ0) is 32.9. The van der Waals surface area contributed by atoms with Gasteiger partial charge in [-0.1, -0.05) is 30.3 Å². The fourth-order valence-electron chi connectivity index (χ4n) is 6.58. The van der Waals surface area contributed by atoms with E-state index in [-0.39, 0.29) is 0 Å². The Kier molecular flexibility index (Phi) is 6.22. The molecule has 218 valence electrons. The van der Waals surface area contributed by atoms with Crippen LogP contribution in [0.3, 0.4) is 0 Å². The molecule has 48 heavy (non-hydrogen) atoms. The first-order valence-corrected chi connectivity index (χ1v) is 14.8. The van der Waals surface area contributed by atoms with Crippen molar-refractivity contribution in [3.05, 3.63) is 149 Å². The van der Waals surface area contributed by atoms with Crippen molar-refractivity contribution < 1.29 is 0 Å². The van der Waals surface area contributed by atoms with Crippen LogP contribution in [-0.2, 0) is 0 Å². The monoisotopic (exact) mass is 610 g/mol. The number of benzene rings is 5. The number of nitrogens with zero attached hydrogens (tertiary/aromatic N) is 8. The Hall–Kier alpha value is -7.70. The second-order valence-corrected chi connectivity index (χ2v) is 11.2. The van der Waals surface area contributed by atoms with Crippen LogP contribution in [0.15, 0.2) is 109 Å². The van der Waals surface area contributed by atoms with Crippen LogP contribution in [0, 0.1) is 47.1 Å². The number of hydrogen-bond acceptors (Lipinski definition) is 4. The van der Waals surface area contributed by atoms with E-state index in [1.807, 2.05) is 77.4 Å². The molecule has 0 aliphatic heterocycles. The third-order valence-electron chi connectivity index (χ3n) is 8.69. The van der Waals surface area contributed by atoms with Gasteiger partial charge in [0.25, 0.3) is 0 Å². The van der Waals surface area contributed by atoms with Gasteiger partial charge in [0, 0.05) is 21.9 Å². The van der Waals surface area contributed by atoms with Crippen LogP contribution in [0.4, 0.5) is 11.4 Å². The zero-order valence-electron chi connectivity index (χ0n) is 25.0. The summed E-state index contributed by atoms with van der Waals surface area (Å²) in [6, 6.07) is 38.1. The van der Waals surface area contributed by atoms with E-state index >= 15 is 0 Å². The largest absolute Gasteiger partial charge is 0.307 e. The van der Waals surface area contributed by atoms with E-state index in [0.29, 0.717) is 45.1 Å². The summed E-state index contributed by atoms with van der Waals surface area (Å²) in [6.45, 7) is 15.2. The number of hydrogen-bond donors (Lipinski definition) is 0. The van der Waals surface area contributed by atoms with Crippen molar-refractivity contribution in [2.75, 3.05) is 0 Å². The van der Waals surface area contributed by atoms with Crippen molar-refractivity contribution in [2.24, 2.45) is 0 Å². The van der Waals surface area contributed by atoms with Crippen LogP contribution < -0.4 is 0 Å². The van der Waals surface area contributed by atoms with Crippen LogP contribution in [0.5, 0.6) is 0 Å². The van der Waals surface area contributed by atoms with E-state index < -0.39 is 0 Å². The van der Waals surface area contributed by atoms with Crippen molar-refractivity contribution in [1.29, 1.82) is 15.8 Å². The SMILES string of the molecule is [C-]#[N+]c1ccc2c(c1)c1cc([N+]#[C-])ccc1n2-c1cnc(-n2c3ccc(C#N)cc3c3cc(C#N)ccc32)cc1-c1ccccc1C#N. The molecule has 0 atom stereocenters. The van der Waals surface area contributed by atoms with Gasteiger partial charge in [0.05, 0.1) is 82.0 Å². The molecule has 3 heterocycles. The Morgan fingerprint density at radius 3 is 1.60 bits per heavy atom. The first kappa shape index (κ1) is 27.8. The van der Waals surface area contributed by atoms with Crippen LogP contribution in [0.1, 0.15) is 16.7 Å². The highest BCUT2D eigenvalue weighted by Gasteiger charge is 2.21. The van der Waals surface area contributed by atoms with Crippen LogP contribution >= 0.6 is 0 Å². The third kappa shape index (κ3) is 4.08. The quantitative estimate of drug-likeness (QED) is 0.186. The number of nitriles is 3. The van der Waals surface area contributed by atoms with Crippen molar-refractivity contribution in [1.82, 2.24) is 14.1 Å². The lowest BCUT2D eigenvalue weighted by molar-refractivity contribution is 1.06. The molecule has 8 rings (SSSR count). The fourth-order valence-corrected chi connectivity index (χ4v) is 6.58. The average Bonchev–Trinajstić information content (AvgIpc) is 3.65. The standard InChI is InChI=1S/C40H18N8/c1-44-27-9-13-35-32(17-27)33-18-28(45-2)10-14-36(33)47(35)39-23-46-40(19-34(39)29-6-4-3-5-26(29)22-43)48-37-11-7-24(20-41)15-30(37)31-16-25(21-42)8-12-38(31)48/h3-19,23H. The molecule has 0 saturated carbocycles. The Morgan fingerprint density at radius 2 is 1.06 bits per heavy atom. The van der Waals surface area contributed by atoms with E-state index in [0.717, 1.165) is 49.2 Å². The van der Waals surface area contributed by atoms with Gasteiger partial charge in [-0.05, 0) is 83.6 Å². The molecular weight excluding hydrogens is 592 g/mol. The summed E-state index contributed by atoms with van der Waals surface area (Å²) < 4.78 is 4.07. The van der Waals surface area contributed by atoms with Gasteiger partial charge in [-0.3, -0.25) is 4.57 Å². The zero-order valence-corrected chi connectivity index (χ0v) is 25.0. The highest BCUT2D eigenvalue weighted by atomic mass is 15.1. The molecule has 0 N–H and O–H groups in total. The molecule has 0 unspecified atom stereocenters. The van der Waals surface area contributed by atoms with Gasteiger partial charge in [-0.25, -0.2) is 14.7 Å². The lowest BCUT2D eigenvalue weighted by Crippen LogP contribution is -2.04. The second kappa shape index (κ2) is 10.7. The molecule has 0 saturated heterocycles. The molecule has 0 aliphatic carbocycles. The number of aromatic nitrogens is 3. The van der Waals surface area contributed by atoms with Gasteiger partial charge >= 0.3 is 0 Å². The van der Waals surface area contributed by atoms with E-state index in [1.54, 1.807) is 36.5 Å². The molecule has 8 aromatic rings. The summed E-state index contributed by atoms with van der Waals surface area (Å²) in [4.78, 5) is 12.3. The topological polar surface area (TPSA) is 103 Å². The molecule has 8 heteroatoms. The third-order valence-corrected chi connectivity index (χ3v) is 8.69. The normalized spacial score (nSPS) is 10.8. The lowest BCUT2D eigenvalue weighted by atomic mass is 9.99. The predicted molar refractivity (Wildman–Crippen MR) is 185 cm³/mol. The summed E-state index contributed by atoms with van der Waals surface area (Å²) >= 11 is 0. The summed E-state index contributed by atoms with van der Waals surface area (Å²) in [5.41, 5.74) is 7.93. The average molecular weight is 611 g/mol. The van der Waals surface area contributed by atoms with Gasteiger partial charge in [-0.15, -0.1) is 0 Å². The molecule has 5 aromatic carbocycles. The molecule has 0 aliphatic rings. The van der Waals surface area contributed by atoms with Gasteiger partial charge in [-0.2, -0.15) is 15.8 Å². The number of fused-ring (bicyclic) bond motifs is 6. The van der Waals surface area contributed by atoms with E-state index in [2.05, 4.69) is 32.5 Å². The highest BCUT2D eigenvalue weighted by Crippen LogP contribution is 2.41. The van der Waals surface area contributed by atoms with Crippen LogP contribution in [0.25, 0.3) is 75.9 Å². The molecule has 0 radical (unpaired) electrons. The van der Waals surface area contributed by atoms with Crippen molar-refractivity contribution in [3.63, 3.8) is 0 Å². The molecule has 0 amide bonds. The maximum atomic E-state index is 10.2.